The lowest BCUT2D eigenvalue weighted by Gasteiger charge is -2.29. The highest BCUT2D eigenvalue weighted by atomic mass is 16.5. The summed E-state index contributed by atoms with van der Waals surface area (Å²) in [7, 11) is 0. The van der Waals surface area contributed by atoms with Gasteiger partial charge in [0.15, 0.2) is 0 Å². The summed E-state index contributed by atoms with van der Waals surface area (Å²) in [5.74, 6) is -0.329. The number of esters is 1. The molecule has 4 nitrogen and oxygen atoms in total. The predicted octanol–water partition coefficient (Wildman–Crippen LogP) is 1.39. The average molecular weight is 213 g/mol. The first kappa shape index (κ1) is 12.0. The Kier molecular flexibility index (Phi) is 4.12. The van der Waals surface area contributed by atoms with Crippen LogP contribution < -0.4 is 5.32 Å². The smallest absolute Gasteiger partial charge is 0.331 e. The lowest BCUT2D eigenvalue weighted by Crippen LogP contribution is -2.53. The fourth-order valence-corrected chi connectivity index (χ4v) is 1.94. The summed E-state index contributed by atoms with van der Waals surface area (Å²) in [5, 5.41) is 2.81. The van der Waals surface area contributed by atoms with E-state index in [0.29, 0.717) is 25.9 Å². The van der Waals surface area contributed by atoms with E-state index in [0.717, 1.165) is 12.8 Å². The molecular formula is C11H19NO3. The van der Waals surface area contributed by atoms with Crippen LogP contribution in [0.2, 0.25) is 0 Å². The quantitative estimate of drug-likeness (QED) is 0.721. The van der Waals surface area contributed by atoms with E-state index in [-0.39, 0.29) is 11.9 Å². The van der Waals surface area contributed by atoms with E-state index < -0.39 is 5.54 Å². The van der Waals surface area contributed by atoms with Gasteiger partial charge in [0.25, 0.3) is 0 Å². The lowest BCUT2D eigenvalue weighted by atomic mass is 9.91. The van der Waals surface area contributed by atoms with Gasteiger partial charge in [-0.1, -0.05) is 6.92 Å². The van der Waals surface area contributed by atoms with Crippen molar-refractivity contribution in [3.8, 4) is 0 Å². The molecule has 1 amide bonds. The normalized spacial score (nSPS) is 26.7. The summed E-state index contributed by atoms with van der Waals surface area (Å²) < 4.78 is 5.03. The molecule has 1 heterocycles. The summed E-state index contributed by atoms with van der Waals surface area (Å²) in [5.41, 5.74) is -0.774. The average Bonchev–Trinajstić information content (AvgIpc) is 2.41. The van der Waals surface area contributed by atoms with Crippen LogP contribution in [0.15, 0.2) is 0 Å². The van der Waals surface area contributed by atoms with Crippen LogP contribution in [-0.4, -0.2) is 24.0 Å². The Labute approximate surface area is 90.4 Å². The van der Waals surface area contributed by atoms with Crippen LogP contribution >= 0.6 is 0 Å². The number of hydrogen-bond acceptors (Lipinski definition) is 3. The minimum absolute atomic E-state index is 0.0394. The van der Waals surface area contributed by atoms with Gasteiger partial charge in [0.2, 0.25) is 5.91 Å². The summed E-state index contributed by atoms with van der Waals surface area (Å²) in [6, 6.07) is 0. The molecule has 0 spiro atoms. The molecule has 15 heavy (non-hydrogen) atoms. The van der Waals surface area contributed by atoms with Crippen LogP contribution in [0, 0.1) is 0 Å². The van der Waals surface area contributed by atoms with Crippen LogP contribution in [0.1, 0.15) is 46.0 Å². The highest BCUT2D eigenvalue weighted by Gasteiger charge is 2.40. The Bertz CT molecular complexity index is 252. The Hall–Kier alpha value is -1.06. The molecule has 1 rings (SSSR count). The zero-order valence-electron chi connectivity index (χ0n) is 9.47. The molecule has 0 saturated carbocycles. The van der Waals surface area contributed by atoms with Gasteiger partial charge in [0.1, 0.15) is 5.54 Å². The number of amides is 1. The van der Waals surface area contributed by atoms with Crippen LogP contribution in [0.5, 0.6) is 0 Å². The van der Waals surface area contributed by atoms with Crippen LogP contribution in [0.25, 0.3) is 0 Å². The van der Waals surface area contributed by atoms with Crippen molar-refractivity contribution in [3.05, 3.63) is 0 Å². The molecule has 1 N–H and O–H groups in total. The molecular weight excluding hydrogens is 194 g/mol. The van der Waals surface area contributed by atoms with Crippen molar-refractivity contribution < 1.29 is 14.3 Å². The van der Waals surface area contributed by atoms with Crippen LogP contribution in [0.3, 0.4) is 0 Å². The summed E-state index contributed by atoms with van der Waals surface area (Å²) >= 11 is 0. The van der Waals surface area contributed by atoms with Crippen molar-refractivity contribution in [1.82, 2.24) is 5.32 Å². The van der Waals surface area contributed by atoms with Crippen molar-refractivity contribution in [2.24, 2.45) is 0 Å². The molecule has 0 radical (unpaired) electrons. The molecule has 1 atom stereocenters. The molecule has 86 valence electrons. The van der Waals surface area contributed by atoms with Gasteiger partial charge < -0.3 is 10.1 Å². The van der Waals surface area contributed by atoms with E-state index in [4.69, 9.17) is 4.74 Å². The summed E-state index contributed by atoms with van der Waals surface area (Å²) in [6.07, 6.45) is 3.55. The molecule has 0 bridgehead atoms. The molecule has 1 fully saturated rings. The zero-order valence-corrected chi connectivity index (χ0v) is 9.47. The first-order valence-corrected chi connectivity index (χ1v) is 5.63. The number of ether oxygens (including phenoxy) is 1. The fraction of sp³-hybridized carbons (Fsp3) is 0.818. The van der Waals surface area contributed by atoms with Gasteiger partial charge in [0.05, 0.1) is 6.61 Å². The van der Waals surface area contributed by atoms with Crippen molar-refractivity contribution >= 4 is 11.9 Å². The lowest BCUT2D eigenvalue weighted by molar-refractivity contribution is -0.153. The highest BCUT2D eigenvalue weighted by Crippen LogP contribution is 2.24. The van der Waals surface area contributed by atoms with E-state index in [1.807, 2.05) is 6.92 Å². The second-order valence-corrected chi connectivity index (χ2v) is 3.91. The van der Waals surface area contributed by atoms with Gasteiger partial charge in [-0.2, -0.15) is 0 Å². The molecule has 1 saturated heterocycles. The molecule has 0 aromatic heterocycles. The van der Waals surface area contributed by atoms with Gasteiger partial charge in [-0.05, 0) is 32.6 Å². The third-order valence-corrected chi connectivity index (χ3v) is 2.91. The van der Waals surface area contributed by atoms with Gasteiger partial charge in [-0.25, -0.2) is 4.79 Å². The molecule has 1 unspecified atom stereocenters. The van der Waals surface area contributed by atoms with E-state index in [2.05, 4.69) is 5.32 Å². The Balaban J connectivity index is 2.80. The van der Waals surface area contributed by atoms with Gasteiger partial charge in [-0.15, -0.1) is 0 Å². The number of nitrogens with one attached hydrogen (secondary N) is 1. The molecule has 4 heteroatoms. The zero-order chi connectivity index (χ0) is 11.3. The number of rotatable bonds is 3. The van der Waals surface area contributed by atoms with Crippen LogP contribution in [0.4, 0.5) is 0 Å². The second kappa shape index (κ2) is 5.14. The topological polar surface area (TPSA) is 55.4 Å². The van der Waals surface area contributed by atoms with E-state index in [9.17, 15) is 9.59 Å². The number of carbonyl (C=O) groups excluding carboxylic acids is 2. The molecule has 1 aliphatic heterocycles. The third kappa shape index (κ3) is 2.70. The molecule has 0 aromatic carbocycles. The minimum Gasteiger partial charge on any atom is -0.464 e. The SMILES string of the molecule is CCOC(=O)C1(CC)CCCCC(=O)N1. The Morgan fingerprint density at radius 3 is 2.80 bits per heavy atom. The Morgan fingerprint density at radius 2 is 2.20 bits per heavy atom. The maximum atomic E-state index is 11.8. The molecule has 1 aliphatic rings. The highest BCUT2D eigenvalue weighted by molar-refractivity contribution is 5.88. The predicted molar refractivity (Wildman–Crippen MR) is 56.3 cm³/mol. The first-order chi connectivity index (χ1) is 7.14. The molecule has 0 aromatic rings. The number of hydrogen-bond donors (Lipinski definition) is 1. The monoisotopic (exact) mass is 213 g/mol. The van der Waals surface area contributed by atoms with E-state index in [1.54, 1.807) is 6.92 Å². The maximum Gasteiger partial charge on any atom is 0.331 e. The van der Waals surface area contributed by atoms with E-state index in [1.165, 1.54) is 0 Å². The van der Waals surface area contributed by atoms with Crippen LogP contribution in [-0.2, 0) is 14.3 Å². The third-order valence-electron chi connectivity index (χ3n) is 2.91. The summed E-state index contributed by atoms with van der Waals surface area (Å²) in [6.45, 7) is 4.04. The molecule has 0 aliphatic carbocycles. The van der Waals surface area contributed by atoms with Crippen molar-refractivity contribution in [2.45, 2.75) is 51.5 Å². The largest absolute Gasteiger partial charge is 0.464 e. The fourth-order valence-electron chi connectivity index (χ4n) is 1.94. The summed E-state index contributed by atoms with van der Waals surface area (Å²) in [4.78, 5) is 23.3. The van der Waals surface area contributed by atoms with Gasteiger partial charge in [0, 0.05) is 6.42 Å². The first-order valence-electron chi connectivity index (χ1n) is 5.63. The van der Waals surface area contributed by atoms with Crippen molar-refractivity contribution in [3.63, 3.8) is 0 Å². The Morgan fingerprint density at radius 1 is 1.47 bits per heavy atom. The van der Waals surface area contributed by atoms with Crippen molar-refractivity contribution in [1.29, 1.82) is 0 Å². The van der Waals surface area contributed by atoms with Crippen molar-refractivity contribution in [2.75, 3.05) is 6.61 Å². The minimum atomic E-state index is -0.774. The second-order valence-electron chi connectivity index (χ2n) is 3.91. The van der Waals surface area contributed by atoms with E-state index >= 15 is 0 Å². The maximum absolute atomic E-state index is 11.8. The standard InChI is InChI=1S/C11H19NO3/c1-3-11(10(14)15-4-2)8-6-5-7-9(13)12-11/h3-8H2,1-2H3,(H,12,13). The van der Waals surface area contributed by atoms with Gasteiger partial charge >= 0.3 is 5.97 Å². The number of carbonyl (C=O) groups is 2. The van der Waals surface area contributed by atoms with Gasteiger partial charge in [-0.3, -0.25) is 4.79 Å².